The lowest BCUT2D eigenvalue weighted by Gasteiger charge is -2.26. The van der Waals surface area contributed by atoms with Crippen molar-refractivity contribution in [2.45, 2.75) is 31.8 Å². The van der Waals surface area contributed by atoms with Crippen LogP contribution in [0.4, 0.5) is 5.69 Å². The smallest absolute Gasteiger partial charge is 0.282 e. The van der Waals surface area contributed by atoms with Gasteiger partial charge in [-0.05, 0) is 36.6 Å². The molecule has 24 heavy (non-hydrogen) atoms. The fourth-order valence-corrected chi connectivity index (χ4v) is 4.47. The van der Waals surface area contributed by atoms with Gasteiger partial charge in [0.05, 0.1) is 24.2 Å². The summed E-state index contributed by atoms with van der Waals surface area (Å²) >= 11 is 7.82. The topological polar surface area (TPSA) is 42.8 Å². The second-order valence-electron chi connectivity index (χ2n) is 6.09. The molecule has 1 aromatic heterocycles. The Morgan fingerprint density at radius 2 is 2.29 bits per heavy atom. The van der Waals surface area contributed by atoms with Gasteiger partial charge >= 0.3 is 0 Å². The molecule has 0 saturated carbocycles. The van der Waals surface area contributed by atoms with Crippen molar-refractivity contribution in [2.24, 2.45) is 0 Å². The van der Waals surface area contributed by atoms with Gasteiger partial charge in [-0.1, -0.05) is 17.7 Å². The molecule has 0 bridgehead atoms. The first-order valence-electron chi connectivity index (χ1n) is 8.13. The van der Waals surface area contributed by atoms with Gasteiger partial charge in [0.1, 0.15) is 11.8 Å². The van der Waals surface area contributed by atoms with Crippen molar-refractivity contribution in [3.05, 3.63) is 45.6 Å². The summed E-state index contributed by atoms with van der Waals surface area (Å²) in [5, 5.41) is 5.66. The third-order valence-electron chi connectivity index (χ3n) is 4.66. The summed E-state index contributed by atoms with van der Waals surface area (Å²) in [7, 11) is 1.58. The van der Waals surface area contributed by atoms with E-state index in [1.54, 1.807) is 36.6 Å². The number of benzene rings is 1. The van der Waals surface area contributed by atoms with E-state index in [1.165, 1.54) is 9.78 Å². The van der Waals surface area contributed by atoms with E-state index in [1.807, 2.05) is 6.92 Å². The number of amides is 1. The van der Waals surface area contributed by atoms with Crippen molar-refractivity contribution in [3.8, 4) is 5.75 Å². The number of quaternary nitrogens is 1. The van der Waals surface area contributed by atoms with Crippen LogP contribution in [0.15, 0.2) is 35.7 Å². The number of hydrogen-bond acceptors (Lipinski definition) is 3. The van der Waals surface area contributed by atoms with E-state index in [-0.39, 0.29) is 11.9 Å². The maximum atomic E-state index is 12.8. The molecule has 2 aromatic rings. The molecule has 1 aliphatic rings. The second-order valence-corrected chi connectivity index (χ2v) is 7.51. The van der Waals surface area contributed by atoms with Crippen LogP contribution in [0.25, 0.3) is 0 Å². The number of likely N-dealkylation sites (tertiary alicyclic amines) is 1. The number of ether oxygens (including phenoxy) is 1. The lowest BCUT2D eigenvalue weighted by molar-refractivity contribution is -0.931. The number of hydrogen-bond donors (Lipinski definition) is 2. The molecule has 1 aliphatic heterocycles. The standard InChI is InChI=1S/C18H21ClN2O2S/c1-12(21-9-3-5-15(21)17-6-4-10-24-17)18(22)20-14-11-13(19)7-8-16(14)23-2/h4,6-8,10-12,15H,3,5,9H2,1-2H3,(H,20,22)/p+1/t12-,15-/m1/s1. The molecule has 1 aromatic carbocycles. The van der Waals surface area contributed by atoms with Crippen molar-refractivity contribution in [2.75, 3.05) is 19.0 Å². The first-order chi connectivity index (χ1) is 11.6. The average Bonchev–Trinajstić information content (AvgIpc) is 3.25. The van der Waals surface area contributed by atoms with E-state index in [0.29, 0.717) is 22.5 Å². The number of halogens is 1. The third kappa shape index (κ3) is 3.58. The highest BCUT2D eigenvalue weighted by molar-refractivity contribution is 7.10. The van der Waals surface area contributed by atoms with Crippen LogP contribution in [-0.2, 0) is 4.79 Å². The molecule has 1 amide bonds. The number of carbonyl (C=O) groups is 1. The van der Waals surface area contributed by atoms with Crippen LogP contribution in [0, 0.1) is 0 Å². The average molecular weight is 366 g/mol. The Kier molecular flexibility index (Phi) is 5.43. The molecule has 3 rings (SSSR count). The summed E-state index contributed by atoms with van der Waals surface area (Å²) < 4.78 is 5.31. The number of thiophene rings is 1. The van der Waals surface area contributed by atoms with Crippen molar-refractivity contribution in [3.63, 3.8) is 0 Å². The minimum atomic E-state index is -0.136. The Morgan fingerprint density at radius 3 is 3.00 bits per heavy atom. The van der Waals surface area contributed by atoms with Crippen LogP contribution in [0.1, 0.15) is 30.7 Å². The Labute approximate surface area is 151 Å². The van der Waals surface area contributed by atoms with Gasteiger partial charge in [0.2, 0.25) is 0 Å². The van der Waals surface area contributed by atoms with Gasteiger partial charge in [0.25, 0.3) is 5.91 Å². The molecule has 1 saturated heterocycles. The molecule has 1 fully saturated rings. The van der Waals surface area contributed by atoms with E-state index in [9.17, 15) is 4.79 Å². The van der Waals surface area contributed by atoms with Crippen LogP contribution in [-0.4, -0.2) is 25.6 Å². The summed E-state index contributed by atoms with van der Waals surface area (Å²) in [5.74, 6) is 0.611. The summed E-state index contributed by atoms with van der Waals surface area (Å²) in [6.45, 7) is 3.01. The number of nitrogens with one attached hydrogen (secondary N) is 2. The molecule has 6 heteroatoms. The Bertz CT molecular complexity index is 705. The zero-order valence-electron chi connectivity index (χ0n) is 13.8. The SMILES string of the molecule is COc1ccc(Cl)cc1NC(=O)[C@@H](C)[NH+]1CCC[C@@H]1c1cccs1. The van der Waals surface area contributed by atoms with Crippen molar-refractivity contribution in [1.82, 2.24) is 0 Å². The molecule has 4 nitrogen and oxygen atoms in total. The van der Waals surface area contributed by atoms with Crippen LogP contribution >= 0.6 is 22.9 Å². The summed E-state index contributed by atoms with van der Waals surface area (Å²) in [5.41, 5.74) is 0.619. The molecule has 3 atom stereocenters. The molecule has 0 spiro atoms. The molecule has 1 unspecified atom stereocenters. The molecule has 2 N–H and O–H groups in total. The molecule has 0 radical (unpaired) electrons. The summed E-state index contributed by atoms with van der Waals surface area (Å²) in [6, 6.07) is 9.76. The summed E-state index contributed by atoms with van der Waals surface area (Å²) in [6.07, 6.45) is 2.28. The van der Waals surface area contributed by atoms with Crippen LogP contribution < -0.4 is 15.0 Å². The first-order valence-corrected chi connectivity index (χ1v) is 9.39. The van der Waals surface area contributed by atoms with Gasteiger partial charge in [-0.15, -0.1) is 11.3 Å². The van der Waals surface area contributed by atoms with E-state index >= 15 is 0 Å². The highest BCUT2D eigenvalue weighted by Gasteiger charge is 2.37. The number of anilines is 1. The molecule has 0 aliphatic carbocycles. The van der Waals surface area contributed by atoms with Gasteiger partial charge in [0.15, 0.2) is 6.04 Å². The minimum absolute atomic E-state index is 0.00553. The molecular formula is C18H22ClN2O2S+. The van der Waals surface area contributed by atoms with Gasteiger partial charge < -0.3 is 15.0 Å². The fraction of sp³-hybridized carbons (Fsp3) is 0.389. The maximum Gasteiger partial charge on any atom is 0.282 e. The van der Waals surface area contributed by atoms with Crippen molar-refractivity contribution < 1.29 is 14.4 Å². The maximum absolute atomic E-state index is 12.8. The van der Waals surface area contributed by atoms with Crippen molar-refractivity contribution >= 4 is 34.5 Å². The predicted octanol–water partition coefficient (Wildman–Crippen LogP) is 3.16. The van der Waals surface area contributed by atoms with Crippen molar-refractivity contribution in [1.29, 1.82) is 0 Å². The lowest BCUT2D eigenvalue weighted by atomic mass is 10.1. The van der Waals surface area contributed by atoms with E-state index in [4.69, 9.17) is 16.3 Å². The molecule has 128 valence electrons. The second kappa shape index (κ2) is 7.55. The Balaban J connectivity index is 1.74. The molecular weight excluding hydrogens is 344 g/mol. The third-order valence-corrected chi connectivity index (χ3v) is 5.88. The highest BCUT2D eigenvalue weighted by atomic mass is 35.5. The fourth-order valence-electron chi connectivity index (χ4n) is 3.39. The highest BCUT2D eigenvalue weighted by Crippen LogP contribution is 2.28. The summed E-state index contributed by atoms with van der Waals surface area (Å²) in [4.78, 5) is 15.5. The predicted molar refractivity (Wildman–Crippen MR) is 98.2 cm³/mol. The largest absolute Gasteiger partial charge is 0.495 e. The monoisotopic (exact) mass is 365 g/mol. The first kappa shape index (κ1) is 17.3. The molecule has 2 heterocycles. The van der Waals surface area contributed by atoms with Crippen LogP contribution in [0.3, 0.4) is 0 Å². The normalized spacial score (nSPS) is 21.5. The quantitative estimate of drug-likeness (QED) is 0.854. The van der Waals surface area contributed by atoms with Crippen LogP contribution in [0.5, 0.6) is 5.75 Å². The number of rotatable bonds is 5. The number of methoxy groups -OCH3 is 1. The zero-order chi connectivity index (χ0) is 17.1. The van der Waals surface area contributed by atoms with E-state index in [2.05, 4.69) is 22.8 Å². The zero-order valence-corrected chi connectivity index (χ0v) is 15.4. The van der Waals surface area contributed by atoms with Crippen LogP contribution in [0.2, 0.25) is 5.02 Å². The lowest BCUT2D eigenvalue weighted by Crippen LogP contribution is -3.15. The minimum Gasteiger partial charge on any atom is -0.495 e. The van der Waals surface area contributed by atoms with E-state index in [0.717, 1.165) is 19.4 Å². The van der Waals surface area contributed by atoms with Gasteiger partial charge in [-0.2, -0.15) is 0 Å². The van der Waals surface area contributed by atoms with E-state index < -0.39 is 0 Å². The Morgan fingerprint density at radius 1 is 1.46 bits per heavy atom. The Hall–Kier alpha value is -1.56. The van der Waals surface area contributed by atoms with Gasteiger partial charge in [0, 0.05) is 17.9 Å². The van der Waals surface area contributed by atoms with Gasteiger partial charge in [-0.25, -0.2) is 0 Å². The van der Waals surface area contributed by atoms with Gasteiger partial charge in [-0.3, -0.25) is 4.79 Å². The number of carbonyl (C=O) groups excluding carboxylic acids is 1.